The zero-order valence-electron chi connectivity index (χ0n) is 19.9. The Balaban J connectivity index is 1.67. The van der Waals surface area contributed by atoms with Crippen LogP contribution in [0.3, 0.4) is 0 Å². The summed E-state index contributed by atoms with van der Waals surface area (Å²) in [4.78, 5) is 19.2. The lowest BCUT2D eigenvalue weighted by atomic mass is 9.96. The van der Waals surface area contributed by atoms with Crippen LogP contribution in [0.5, 0.6) is 0 Å². The molecule has 2 aliphatic heterocycles. The summed E-state index contributed by atoms with van der Waals surface area (Å²) in [5.74, 6) is 0. The van der Waals surface area contributed by atoms with Crippen LogP contribution in [0.25, 0.3) is 5.57 Å². The summed E-state index contributed by atoms with van der Waals surface area (Å²) >= 11 is 0. The molecule has 0 radical (unpaired) electrons. The van der Waals surface area contributed by atoms with Gasteiger partial charge in [-0.25, -0.2) is 4.79 Å². The van der Waals surface area contributed by atoms with Crippen LogP contribution in [0.15, 0.2) is 24.4 Å². The smallest absolute Gasteiger partial charge is 0.411 e. The standard InChI is InChI=1S/C24H38N2O3Si/c1-23(2,3)29-22(27)26-20-11-12-21(26)14-18(13-20)17-9-10-19(25-15-17)16-28-30(7,8)24(4,5)6/h9-10,13,15,20-21H,11-12,14,16H2,1-8H3. The summed E-state index contributed by atoms with van der Waals surface area (Å²) in [5, 5.41) is 0.194. The van der Waals surface area contributed by atoms with Gasteiger partial charge in [-0.2, -0.15) is 0 Å². The summed E-state index contributed by atoms with van der Waals surface area (Å²) in [6.07, 6.45) is 6.88. The lowest BCUT2D eigenvalue weighted by Crippen LogP contribution is -2.45. The van der Waals surface area contributed by atoms with Gasteiger partial charge in [0.15, 0.2) is 8.32 Å². The van der Waals surface area contributed by atoms with Gasteiger partial charge >= 0.3 is 6.09 Å². The lowest BCUT2D eigenvalue weighted by Gasteiger charge is -2.36. The molecule has 5 nitrogen and oxygen atoms in total. The fourth-order valence-electron chi connectivity index (χ4n) is 3.81. The van der Waals surface area contributed by atoms with Crippen molar-refractivity contribution in [2.45, 2.75) is 103 Å². The molecule has 2 unspecified atom stereocenters. The third-order valence-electron chi connectivity index (χ3n) is 6.58. The van der Waals surface area contributed by atoms with Gasteiger partial charge in [0.2, 0.25) is 0 Å². The molecule has 30 heavy (non-hydrogen) atoms. The van der Waals surface area contributed by atoms with Crippen LogP contribution in [0.4, 0.5) is 4.79 Å². The Morgan fingerprint density at radius 3 is 2.40 bits per heavy atom. The van der Waals surface area contributed by atoms with Gasteiger partial charge < -0.3 is 9.16 Å². The van der Waals surface area contributed by atoms with Crippen molar-refractivity contribution in [2.75, 3.05) is 0 Å². The number of aromatic nitrogens is 1. The van der Waals surface area contributed by atoms with Gasteiger partial charge in [0.1, 0.15) is 5.60 Å². The van der Waals surface area contributed by atoms with E-state index in [9.17, 15) is 4.79 Å². The molecule has 0 saturated carbocycles. The van der Waals surface area contributed by atoms with E-state index in [1.807, 2.05) is 31.9 Å². The average molecular weight is 431 g/mol. The average Bonchev–Trinajstić information content (AvgIpc) is 2.88. The number of fused-ring (bicyclic) bond motifs is 2. The fourth-order valence-corrected chi connectivity index (χ4v) is 4.76. The Morgan fingerprint density at radius 1 is 1.17 bits per heavy atom. The quantitative estimate of drug-likeness (QED) is 0.537. The second kappa shape index (κ2) is 8.12. The molecular weight excluding hydrogens is 392 g/mol. The predicted octanol–water partition coefficient (Wildman–Crippen LogP) is 6.16. The van der Waals surface area contributed by atoms with E-state index < -0.39 is 13.9 Å². The van der Waals surface area contributed by atoms with Crippen molar-refractivity contribution in [3.63, 3.8) is 0 Å². The number of ether oxygens (including phenoxy) is 1. The summed E-state index contributed by atoms with van der Waals surface area (Å²) in [6.45, 7) is 17.6. The van der Waals surface area contributed by atoms with Gasteiger partial charge in [0.05, 0.1) is 18.3 Å². The van der Waals surface area contributed by atoms with Gasteiger partial charge in [0.25, 0.3) is 0 Å². The van der Waals surface area contributed by atoms with E-state index in [2.05, 4.69) is 57.1 Å². The van der Waals surface area contributed by atoms with Gasteiger partial charge in [-0.1, -0.05) is 32.9 Å². The van der Waals surface area contributed by atoms with Crippen molar-refractivity contribution >= 4 is 20.0 Å². The summed E-state index contributed by atoms with van der Waals surface area (Å²) in [6, 6.07) is 4.55. The first kappa shape index (κ1) is 23.0. The molecule has 3 rings (SSSR count). The monoisotopic (exact) mass is 430 g/mol. The summed E-state index contributed by atoms with van der Waals surface area (Å²) < 4.78 is 11.9. The van der Waals surface area contributed by atoms with Crippen LogP contribution in [0.1, 0.15) is 72.1 Å². The molecule has 2 aliphatic rings. The molecule has 3 heterocycles. The van der Waals surface area contributed by atoms with Crippen LogP contribution in [0, 0.1) is 0 Å². The number of carbonyl (C=O) groups is 1. The first-order valence-electron chi connectivity index (χ1n) is 11.1. The molecule has 0 N–H and O–H groups in total. The topological polar surface area (TPSA) is 51.7 Å². The van der Waals surface area contributed by atoms with Crippen molar-refractivity contribution in [2.24, 2.45) is 0 Å². The lowest BCUT2D eigenvalue weighted by molar-refractivity contribution is 0.0175. The Hall–Kier alpha value is -1.66. The number of pyridine rings is 1. The maximum Gasteiger partial charge on any atom is 0.411 e. The molecule has 1 aromatic heterocycles. The highest BCUT2D eigenvalue weighted by atomic mass is 28.4. The number of hydrogen-bond acceptors (Lipinski definition) is 4. The fraction of sp³-hybridized carbons (Fsp3) is 0.667. The number of amides is 1. The van der Waals surface area contributed by atoms with Gasteiger partial charge in [-0.15, -0.1) is 0 Å². The van der Waals surface area contributed by atoms with E-state index in [4.69, 9.17) is 9.16 Å². The largest absolute Gasteiger partial charge is 0.444 e. The predicted molar refractivity (Wildman–Crippen MR) is 124 cm³/mol. The zero-order valence-corrected chi connectivity index (χ0v) is 20.9. The van der Waals surface area contributed by atoms with Crippen molar-refractivity contribution in [3.05, 3.63) is 35.7 Å². The van der Waals surface area contributed by atoms with Crippen molar-refractivity contribution < 1.29 is 14.0 Å². The third kappa shape index (κ3) is 5.14. The minimum atomic E-state index is -1.78. The second-order valence-corrected chi connectivity index (χ2v) is 16.0. The van der Waals surface area contributed by atoms with Crippen LogP contribution < -0.4 is 0 Å². The highest BCUT2D eigenvalue weighted by molar-refractivity contribution is 6.74. The van der Waals surface area contributed by atoms with E-state index in [0.29, 0.717) is 6.61 Å². The maximum absolute atomic E-state index is 12.6. The molecule has 2 atom stereocenters. The summed E-state index contributed by atoms with van der Waals surface area (Å²) in [7, 11) is -1.78. The van der Waals surface area contributed by atoms with E-state index in [0.717, 1.165) is 30.5 Å². The second-order valence-electron chi connectivity index (χ2n) is 11.2. The van der Waals surface area contributed by atoms with E-state index >= 15 is 0 Å². The van der Waals surface area contributed by atoms with Gasteiger partial charge in [-0.05, 0) is 75.4 Å². The summed E-state index contributed by atoms with van der Waals surface area (Å²) in [5.41, 5.74) is 2.93. The minimum Gasteiger partial charge on any atom is -0.444 e. The van der Waals surface area contributed by atoms with Gasteiger partial charge in [0, 0.05) is 12.2 Å². The zero-order chi connectivity index (χ0) is 22.3. The number of carbonyl (C=O) groups excluding carboxylic acids is 1. The minimum absolute atomic E-state index is 0.121. The Morgan fingerprint density at radius 2 is 1.87 bits per heavy atom. The highest BCUT2D eigenvalue weighted by Crippen LogP contribution is 2.39. The Kier molecular flexibility index (Phi) is 6.22. The van der Waals surface area contributed by atoms with E-state index in [-0.39, 0.29) is 23.2 Å². The van der Waals surface area contributed by atoms with Crippen molar-refractivity contribution in [3.8, 4) is 0 Å². The molecule has 6 heteroatoms. The molecule has 2 bridgehead atoms. The normalized spacial score (nSPS) is 22.1. The number of rotatable bonds is 4. The van der Waals surface area contributed by atoms with Crippen molar-refractivity contribution in [1.29, 1.82) is 0 Å². The molecule has 0 aromatic carbocycles. The Labute approximate surface area is 183 Å². The molecule has 166 valence electrons. The van der Waals surface area contributed by atoms with Crippen LogP contribution >= 0.6 is 0 Å². The number of nitrogens with zero attached hydrogens (tertiary/aromatic N) is 2. The molecule has 1 amide bonds. The van der Waals surface area contributed by atoms with Crippen LogP contribution in [-0.4, -0.2) is 42.0 Å². The van der Waals surface area contributed by atoms with E-state index in [1.165, 1.54) is 5.57 Å². The molecule has 1 aromatic rings. The SMILES string of the molecule is CC(C)(C)OC(=O)N1C2C=C(c3ccc(CO[Si](C)(C)C(C)(C)C)nc3)CC1CC2. The first-order valence-corrected chi connectivity index (χ1v) is 14.0. The Bertz CT molecular complexity index is 803. The molecule has 0 aliphatic carbocycles. The van der Waals surface area contributed by atoms with Crippen molar-refractivity contribution in [1.82, 2.24) is 9.88 Å². The molecular formula is C24H38N2O3Si. The molecule has 0 spiro atoms. The molecule has 1 saturated heterocycles. The third-order valence-corrected chi connectivity index (χ3v) is 11.1. The van der Waals surface area contributed by atoms with Crippen LogP contribution in [0.2, 0.25) is 18.1 Å². The first-order chi connectivity index (χ1) is 13.8. The molecule has 1 fully saturated rings. The maximum atomic E-state index is 12.6. The number of hydrogen-bond donors (Lipinski definition) is 0. The van der Waals surface area contributed by atoms with Gasteiger partial charge in [-0.3, -0.25) is 9.88 Å². The van der Waals surface area contributed by atoms with Crippen LogP contribution in [-0.2, 0) is 15.8 Å². The van der Waals surface area contributed by atoms with E-state index in [1.54, 1.807) is 0 Å². The highest BCUT2D eigenvalue weighted by Gasteiger charge is 2.41.